The fourth-order valence-electron chi connectivity index (χ4n) is 2.42. The Morgan fingerprint density at radius 3 is 2.70 bits per heavy atom. The van der Waals surface area contributed by atoms with Gasteiger partial charge in [-0.2, -0.15) is 0 Å². The van der Waals surface area contributed by atoms with E-state index in [2.05, 4.69) is 10.3 Å². The summed E-state index contributed by atoms with van der Waals surface area (Å²) in [7, 11) is 1.86. The number of nitrogens with zero attached hydrogens (tertiary/aromatic N) is 3. The quantitative estimate of drug-likeness (QED) is 0.357. The molecule has 3 aromatic rings. The standard InChI is InChI=1S/C17H14Cl2N4O3S/c1-9(16(24)20-13-5-4-11(23(25)26)8-12(13)19)27-17-21-14-7-10(18)3-6-15(14)22(17)2/h3-9H,1-2H3,(H,20,24). The number of nitro groups is 1. The number of rotatable bonds is 5. The summed E-state index contributed by atoms with van der Waals surface area (Å²) in [5.41, 5.74) is 1.83. The zero-order valence-corrected chi connectivity index (χ0v) is 16.6. The molecule has 3 rings (SSSR count). The van der Waals surface area contributed by atoms with Crippen molar-refractivity contribution in [3.8, 4) is 0 Å². The van der Waals surface area contributed by atoms with Crippen LogP contribution in [0.15, 0.2) is 41.6 Å². The van der Waals surface area contributed by atoms with Crippen LogP contribution in [-0.4, -0.2) is 25.6 Å². The van der Waals surface area contributed by atoms with Gasteiger partial charge in [-0.3, -0.25) is 14.9 Å². The van der Waals surface area contributed by atoms with Gasteiger partial charge < -0.3 is 9.88 Å². The highest BCUT2D eigenvalue weighted by Crippen LogP contribution is 2.30. The van der Waals surface area contributed by atoms with E-state index in [9.17, 15) is 14.9 Å². The summed E-state index contributed by atoms with van der Waals surface area (Å²) >= 11 is 13.3. The minimum absolute atomic E-state index is 0.104. The molecule has 140 valence electrons. The van der Waals surface area contributed by atoms with Crippen LogP contribution in [0.5, 0.6) is 0 Å². The van der Waals surface area contributed by atoms with Gasteiger partial charge in [0.2, 0.25) is 5.91 Å². The molecule has 1 heterocycles. The molecule has 1 atom stereocenters. The molecule has 1 amide bonds. The molecule has 1 aromatic heterocycles. The second-order valence-electron chi connectivity index (χ2n) is 5.76. The number of carbonyl (C=O) groups is 1. The Hall–Kier alpha value is -2.29. The first kappa shape index (κ1) is 19.5. The highest BCUT2D eigenvalue weighted by molar-refractivity contribution is 8.00. The highest BCUT2D eigenvalue weighted by atomic mass is 35.5. The first-order valence-electron chi connectivity index (χ1n) is 7.79. The van der Waals surface area contributed by atoms with Gasteiger partial charge in [-0.25, -0.2) is 4.98 Å². The Bertz CT molecular complexity index is 1050. The van der Waals surface area contributed by atoms with Gasteiger partial charge in [0.05, 0.1) is 31.9 Å². The Labute approximate surface area is 168 Å². The van der Waals surface area contributed by atoms with Crippen molar-refractivity contribution in [1.82, 2.24) is 9.55 Å². The van der Waals surface area contributed by atoms with Crippen molar-refractivity contribution in [2.24, 2.45) is 7.05 Å². The largest absolute Gasteiger partial charge is 0.324 e. The number of nitrogens with one attached hydrogen (secondary N) is 1. The molecule has 27 heavy (non-hydrogen) atoms. The van der Waals surface area contributed by atoms with Crippen molar-refractivity contribution in [2.45, 2.75) is 17.3 Å². The maximum absolute atomic E-state index is 12.5. The molecule has 7 nitrogen and oxygen atoms in total. The number of nitro benzene ring substituents is 1. The summed E-state index contributed by atoms with van der Waals surface area (Å²) in [5, 5.41) is 14.3. The minimum Gasteiger partial charge on any atom is -0.324 e. The number of benzene rings is 2. The van der Waals surface area contributed by atoms with E-state index >= 15 is 0 Å². The van der Waals surface area contributed by atoms with Crippen LogP contribution in [0.3, 0.4) is 0 Å². The third-order valence-corrected chi connectivity index (χ3v) is 5.57. The van der Waals surface area contributed by atoms with Crippen LogP contribution >= 0.6 is 35.0 Å². The van der Waals surface area contributed by atoms with Gasteiger partial charge in [-0.15, -0.1) is 0 Å². The van der Waals surface area contributed by atoms with E-state index in [1.165, 1.54) is 30.0 Å². The number of amides is 1. The Morgan fingerprint density at radius 1 is 1.30 bits per heavy atom. The molecular weight excluding hydrogens is 411 g/mol. The molecule has 0 spiro atoms. The monoisotopic (exact) mass is 424 g/mol. The number of fused-ring (bicyclic) bond motifs is 1. The van der Waals surface area contributed by atoms with Crippen LogP contribution in [0.4, 0.5) is 11.4 Å². The first-order valence-corrected chi connectivity index (χ1v) is 9.43. The second kappa shape index (κ2) is 7.75. The number of halogens is 2. The molecule has 0 radical (unpaired) electrons. The van der Waals surface area contributed by atoms with E-state index in [-0.39, 0.29) is 16.6 Å². The van der Waals surface area contributed by atoms with Gasteiger partial charge in [0.25, 0.3) is 5.69 Å². The van der Waals surface area contributed by atoms with Crippen molar-refractivity contribution in [2.75, 3.05) is 5.32 Å². The van der Waals surface area contributed by atoms with Crippen molar-refractivity contribution in [3.63, 3.8) is 0 Å². The molecule has 10 heteroatoms. The third kappa shape index (κ3) is 4.18. The lowest BCUT2D eigenvalue weighted by atomic mass is 10.2. The topological polar surface area (TPSA) is 90.1 Å². The minimum atomic E-state index is -0.548. The van der Waals surface area contributed by atoms with Crippen LogP contribution in [0.1, 0.15) is 6.92 Å². The lowest BCUT2D eigenvalue weighted by Gasteiger charge is -2.12. The SMILES string of the molecule is CC(Sc1nc2cc(Cl)ccc2n1C)C(=O)Nc1ccc([N+](=O)[O-])cc1Cl. The van der Waals surface area contributed by atoms with E-state index in [1.807, 2.05) is 17.7 Å². The van der Waals surface area contributed by atoms with Gasteiger partial charge in [-0.1, -0.05) is 35.0 Å². The Balaban J connectivity index is 1.75. The van der Waals surface area contributed by atoms with Gasteiger partial charge in [0.1, 0.15) is 0 Å². The molecule has 1 N–H and O–H groups in total. The van der Waals surface area contributed by atoms with Crippen molar-refractivity contribution in [1.29, 1.82) is 0 Å². The van der Waals surface area contributed by atoms with Crippen LogP contribution in [0.2, 0.25) is 10.0 Å². The number of carbonyl (C=O) groups excluding carboxylic acids is 1. The summed E-state index contributed by atoms with van der Waals surface area (Å²) in [6, 6.07) is 9.32. The average Bonchev–Trinajstić information content (AvgIpc) is 2.91. The van der Waals surface area contributed by atoms with Crippen molar-refractivity contribution in [3.05, 3.63) is 56.6 Å². The number of anilines is 1. The molecule has 1 unspecified atom stereocenters. The summed E-state index contributed by atoms with van der Waals surface area (Å²) in [4.78, 5) is 27.2. The smallest absolute Gasteiger partial charge is 0.271 e. The summed E-state index contributed by atoms with van der Waals surface area (Å²) in [6.07, 6.45) is 0. The summed E-state index contributed by atoms with van der Waals surface area (Å²) < 4.78 is 1.89. The molecule has 0 saturated heterocycles. The molecule has 0 saturated carbocycles. The second-order valence-corrected chi connectivity index (χ2v) is 7.91. The molecular formula is C17H14Cl2N4O3S. The first-order chi connectivity index (χ1) is 12.8. The highest BCUT2D eigenvalue weighted by Gasteiger charge is 2.20. The summed E-state index contributed by atoms with van der Waals surface area (Å²) in [6.45, 7) is 1.74. The van der Waals surface area contributed by atoms with Gasteiger partial charge in [0.15, 0.2) is 5.16 Å². The molecule has 0 aliphatic rings. The number of hydrogen-bond donors (Lipinski definition) is 1. The fraction of sp³-hybridized carbons (Fsp3) is 0.176. The van der Waals surface area contributed by atoms with Crippen LogP contribution in [0, 0.1) is 10.1 Å². The zero-order valence-electron chi connectivity index (χ0n) is 14.3. The molecule has 0 fully saturated rings. The maximum atomic E-state index is 12.5. The molecule has 2 aromatic carbocycles. The lowest BCUT2D eigenvalue weighted by Crippen LogP contribution is -2.23. The van der Waals surface area contributed by atoms with Gasteiger partial charge in [0, 0.05) is 24.2 Å². The van der Waals surface area contributed by atoms with E-state index in [0.717, 1.165) is 11.0 Å². The lowest BCUT2D eigenvalue weighted by molar-refractivity contribution is -0.384. The molecule has 0 aliphatic heterocycles. The van der Waals surface area contributed by atoms with Crippen molar-refractivity contribution >= 4 is 63.3 Å². The normalized spacial score (nSPS) is 12.1. The number of non-ortho nitro benzene ring substituents is 1. The summed E-state index contributed by atoms with van der Waals surface area (Å²) in [5.74, 6) is -0.291. The number of aryl methyl sites for hydroxylation is 1. The van der Waals surface area contributed by atoms with E-state index < -0.39 is 10.2 Å². The zero-order chi connectivity index (χ0) is 19.7. The van der Waals surface area contributed by atoms with Crippen LogP contribution < -0.4 is 5.32 Å². The van der Waals surface area contributed by atoms with E-state index in [0.29, 0.717) is 15.9 Å². The molecule has 0 bridgehead atoms. The predicted molar refractivity (Wildman–Crippen MR) is 108 cm³/mol. The van der Waals surface area contributed by atoms with Gasteiger partial charge in [-0.05, 0) is 31.2 Å². The number of thioether (sulfide) groups is 1. The van der Waals surface area contributed by atoms with Crippen molar-refractivity contribution < 1.29 is 9.72 Å². The van der Waals surface area contributed by atoms with E-state index in [4.69, 9.17) is 23.2 Å². The third-order valence-electron chi connectivity index (χ3n) is 3.87. The fourth-order valence-corrected chi connectivity index (χ4v) is 3.70. The van der Waals surface area contributed by atoms with Crippen LogP contribution in [0.25, 0.3) is 11.0 Å². The number of hydrogen-bond acceptors (Lipinski definition) is 5. The van der Waals surface area contributed by atoms with Gasteiger partial charge >= 0.3 is 0 Å². The average molecular weight is 425 g/mol. The Kier molecular flexibility index (Phi) is 5.59. The maximum Gasteiger partial charge on any atom is 0.271 e. The predicted octanol–water partition coefficient (Wildman–Crippen LogP) is 4.91. The molecule has 0 aliphatic carbocycles. The number of imidazole rings is 1. The van der Waals surface area contributed by atoms with E-state index in [1.54, 1.807) is 19.1 Å². The Morgan fingerprint density at radius 2 is 2.04 bits per heavy atom. The van der Waals surface area contributed by atoms with Crippen LogP contribution in [-0.2, 0) is 11.8 Å². The number of aromatic nitrogens is 2.